The van der Waals surface area contributed by atoms with Gasteiger partial charge in [-0.05, 0) is 37.0 Å². The summed E-state index contributed by atoms with van der Waals surface area (Å²) in [6, 6.07) is 0. The number of hydrogen-bond donors (Lipinski definition) is 0. The Bertz CT molecular complexity index is 199. The van der Waals surface area contributed by atoms with Crippen LogP contribution in [0.3, 0.4) is 0 Å². The Kier molecular flexibility index (Phi) is 5.35. The van der Waals surface area contributed by atoms with Gasteiger partial charge in [-0.1, -0.05) is 26.5 Å². The summed E-state index contributed by atoms with van der Waals surface area (Å²) in [5.74, 6) is 0.157. The van der Waals surface area contributed by atoms with Crippen LogP contribution < -0.4 is 0 Å². The van der Waals surface area contributed by atoms with Gasteiger partial charge in [0.1, 0.15) is 5.83 Å². The van der Waals surface area contributed by atoms with Gasteiger partial charge in [0.15, 0.2) is 0 Å². The number of hydrogen-bond acceptors (Lipinski definition) is 0. The third-order valence-corrected chi connectivity index (χ3v) is 2.01. The van der Waals surface area contributed by atoms with E-state index in [0.717, 1.165) is 12.0 Å². The normalized spacial score (nSPS) is 16.0. The molecule has 0 aliphatic rings. The number of halogens is 1. The summed E-state index contributed by atoms with van der Waals surface area (Å²) < 4.78 is 12.8. The summed E-state index contributed by atoms with van der Waals surface area (Å²) in [6.07, 6.45) is 5.74. The second-order valence-electron chi connectivity index (χ2n) is 2.83. The second kappa shape index (κ2) is 5.76. The molecular weight excluding hydrogens is 151 g/mol. The highest BCUT2D eigenvalue weighted by Crippen LogP contribution is 2.17. The largest absolute Gasteiger partial charge is 0.207 e. The quantitative estimate of drug-likeness (QED) is 0.556. The summed E-state index contributed by atoms with van der Waals surface area (Å²) in [5, 5.41) is 0. The molecule has 0 spiro atoms. The molecule has 0 radical (unpaired) electrons. The maximum atomic E-state index is 12.8. The fourth-order valence-electron chi connectivity index (χ4n) is 0.964. The Morgan fingerprint density at radius 2 is 2.17 bits per heavy atom. The van der Waals surface area contributed by atoms with E-state index >= 15 is 0 Å². The van der Waals surface area contributed by atoms with Crippen LogP contribution in [0.25, 0.3) is 0 Å². The Morgan fingerprint density at radius 1 is 1.58 bits per heavy atom. The average Bonchev–Trinajstić information content (AvgIpc) is 2.12. The first-order valence-electron chi connectivity index (χ1n) is 4.31. The van der Waals surface area contributed by atoms with Crippen molar-refractivity contribution in [2.24, 2.45) is 5.92 Å². The molecule has 0 N–H and O–H groups in total. The Morgan fingerprint density at radius 3 is 2.50 bits per heavy atom. The molecule has 0 saturated carbocycles. The van der Waals surface area contributed by atoms with Crippen LogP contribution in [0.4, 0.5) is 4.39 Å². The molecule has 0 aliphatic heterocycles. The summed E-state index contributed by atoms with van der Waals surface area (Å²) in [5.41, 5.74) is 1.04. The van der Waals surface area contributed by atoms with E-state index in [-0.39, 0.29) is 5.83 Å². The van der Waals surface area contributed by atoms with Gasteiger partial charge in [0, 0.05) is 0 Å². The van der Waals surface area contributed by atoms with Gasteiger partial charge in [0.2, 0.25) is 0 Å². The number of rotatable bonds is 4. The van der Waals surface area contributed by atoms with Crippen LogP contribution in [0, 0.1) is 5.92 Å². The third-order valence-electron chi connectivity index (χ3n) is 2.01. The first-order chi connectivity index (χ1) is 5.65. The van der Waals surface area contributed by atoms with E-state index in [0.29, 0.717) is 5.92 Å². The average molecular weight is 168 g/mol. The summed E-state index contributed by atoms with van der Waals surface area (Å²) in [7, 11) is 0. The molecule has 0 rings (SSSR count). The molecule has 68 valence electrons. The van der Waals surface area contributed by atoms with Crippen molar-refractivity contribution in [1.29, 1.82) is 0 Å². The molecule has 0 aliphatic carbocycles. The van der Waals surface area contributed by atoms with Crippen LogP contribution in [0.2, 0.25) is 0 Å². The van der Waals surface area contributed by atoms with E-state index in [1.807, 2.05) is 13.0 Å². The van der Waals surface area contributed by atoms with Crippen LogP contribution in [0.1, 0.15) is 27.2 Å². The van der Waals surface area contributed by atoms with E-state index in [2.05, 4.69) is 20.4 Å². The van der Waals surface area contributed by atoms with E-state index in [1.54, 1.807) is 6.08 Å². The molecule has 0 fully saturated rings. The lowest BCUT2D eigenvalue weighted by Gasteiger charge is -2.08. The predicted octanol–water partition coefficient (Wildman–Crippen LogP) is 4.02. The fraction of sp³-hybridized carbons (Fsp3) is 0.455. The lowest BCUT2D eigenvalue weighted by atomic mass is 9.98. The minimum atomic E-state index is -0.261. The van der Waals surface area contributed by atoms with E-state index in [1.165, 1.54) is 6.08 Å². The summed E-state index contributed by atoms with van der Waals surface area (Å²) in [6.45, 7) is 9.46. The maximum Gasteiger partial charge on any atom is 0.122 e. The van der Waals surface area contributed by atoms with Crippen molar-refractivity contribution in [3.63, 3.8) is 0 Å². The molecule has 0 saturated heterocycles. The molecule has 0 aromatic heterocycles. The monoisotopic (exact) mass is 168 g/mol. The zero-order valence-electron chi connectivity index (χ0n) is 8.10. The minimum absolute atomic E-state index is 0.261. The predicted molar refractivity (Wildman–Crippen MR) is 52.6 cm³/mol. The number of allylic oxidation sites excluding steroid dienone is 5. The van der Waals surface area contributed by atoms with Crippen LogP contribution in [-0.4, -0.2) is 0 Å². The van der Waals surface area contributed by atoms with Crippen molar-refractivity contribution >= 4 is 0 Å². The standard InChI is InChI=1S/C11H17F/c1-5-9(4)10(6-2)8-11(12)7-3/h6-9H,3,5H2,1-2,4H3/b10-6+,11-8+. The van der Waals surface area contributed by atoms with Gasteiger partial charge in [0.05, 0.1) is 0 Å². The van der Waals surface area contributed by atoms with Gasteiger partial charge in [-0.25, -0.2) is 4.39 Å². The molecule has 1 atom stereocenters. The van der Waals surface area contributed by atoms with Crippen LogP contribution >= 0.6 is 0 Å². The van der Waals surface area contributed by atoms with Gasteiger partial charge in [-0.3, -0.25) is 0 Å². The molecule has 1 heteroatoms. The smallest absolute Gasteiger partial charge is 0.122 e. The first kappa shape index (κ1) is 11.2. The highest BCUT2D eigenvalue weighted by atomic mass is 19.1. The second-order valence-corrected chi connectivity index (χ2v) is 2.83. The topological polar surface area (TPSA) is 0 Å². The molecular formula is C11H17F. The van der Waals surface area contributed by atoms with Crippen molar-refractivity contribution in [3.05, 3.63) is 36.2 Å². The molecule has 0 amide bonds. The van der Waals surface area contributed by atoms with Crippen LogP contribution in [-0.2, 0) is 0 Å². The SMILES string of the molecule is C=C/C(F)=C\C(=C/C)C(C)CC. The molecule has 0 aromatic carbocycles. The summed E-state index contributed by atoms with van der Waals surface area (Å²) >= 11 is 0. The van der Waals surface area contributed by atoms with E-state index < -0.39 is 0 Å². The molecule has 0 aromatic rings. The highest BCUT2D eigenvalue weighted by Gasteiger charge is 2.02. The van der Waals surface area contributed by atoms with Crippen molar-refractivity contribution in [2.75, 3.05) is 0 Å². The van der Waals surface area contributed by atoms with Crippen molar-refractivity contribution < 1.29 is 4.39 Å². The molecule has 0 nitrogen and oxygen atoms in total. The van der Waals surface area contributed by atoms with Crippen molar-refractivity contribution in [3.8, 4) is 0 Å². The molecule has 0 bridgehead atoms. The minimum Gasteiger partial charge on any atom is -0.207 e. The van der Waals surface area contributed by atoms with E-state index in [9.17, 15) is 4.39 Å². The van der Waals surface area contributed by atoms with Gasteiger partial charge in [-0.2, -0.15) is 0 Å². The van der Waals surface area contributed by atoms with Gasteiger partial charge >= 0.3 is 0 Å². The van der Waals surface area contributed by atoms with Crippen molar-refractivity contribution in [2.45, 2.75) is 27.2 Å². The van der Waals surface area contributed by atoms with Crippen LogP contribution in [0.15, 0.2) is 36.2 Å². The van der Waals surface area contributed by atoms with E-state index in [4.69, 9.17) is 0 Å². The zero-order valence-corrected chi connectivity index (χ0v) is 8.10. The fourth-order valence-corrected chi connectivity index (χ4v) is 0.964. The lowest BCUT2D eigenvalue weighted by molar-refractivity contribution is 0.641. The van der Waals surface area contributed by atoms with Gasteiger partial charge < -0.3 is 0 Å². The maximum absolute atomic E-state index is 12.8. The van der Waals surface area contributed by atoms with Gasteiger partial charge in [-0.15, -0.1) is 0 Å². The van der Waals surface area contributed by atoms with Gasteiger partial charge in [0.25, 0.3) is 0 Å². The zero-order chi connectivity index (χ0) is 9.56. The Hall–Kier alpha value is -0.850. The third kappa shape index (κ3) is 3.51. The first-order valence-corrected chi connectivity index (χ1v) is 4.31. The Labute approximate surface area is 74.5 Å². The van der Waals surface area contributed by atoms with Crippen LogP contribution in [0.5, 0.6) is 0 Å². The highest BCUT2D eigenvalue weighted by molar-refractivity contribution is 5.26. The Balaban J connectivity index is 4.49. The molecule has 12 heavy (non-hydrogen) atoms. The molecule has 1 unspecified atom stereocenters. The lowest BCUT2D eigenvalue weighted by Crippen LogP contribution is -1.94. The van der Waals surface area contributed by atoms with Crippen molar-refractivity contribution in [1.82, 2.24) is 0 Å². The molecule has 0 heterocycles. The summed E-state index contributed by atoms with van der Waals surface area (Å²) in [4.78, 5) is 0.